The molecule has 7 nitrogen and oxygen atoms in total. The maximum absolute atomic E-state index is 5.97. The van der Waals surface area contributed by atoms with Crippen molar-refractivity contribution in [1.29, 1.82) is 0 Å². The Morgan fingerprint density at radius 3 is 3.05 bits per heavy atom. The van der Waals surface area contributed by atoms with Gasteiger partial charge in [0.2, 0.25) is 11.2 Å². The molecule has 0 amide bonds. The third-order valence-corrected chi connectivity index (χ3v) is 3.31. The van der Waals surface area contributed by atoms with Crippen LogP contribution in [0.15, 0.2) is 18.5 Å². The van der Waals surface area contributed by atoms with Crippen LogP contribution in [0.3, 0.4) is 0 Å². The van der Waals surface area contributed by atoms with Crippen LogP contribution in [0.1, 0.15) is 12.8 Å². The maximum Gasteiger partial charge on any atom is 0.256 e. The van der Waals surface area contributed by atoms with E-state index < -0.39 is 0 Å². The molecule has 3 heterocycles. The molecule has 1 aliphatic rings. The molecule has 20 heavy (non-hydrogen) atoms. The number of nitrogens with zero attached hydrogens (tertiary/aromatic N) is 6. The van der Waals surface area contributed by atoms with Crippen molar-refractivity contribution in [2.24, 2.45) is 0 Å². The van der Waals surface area contributed by atoms with Crippen molar-refractivity contribution in [2.45, 2.75) is 18.9 Å². The van der Waals surface area contributed by atoms with Gasteiger partial charge in [-0.25, -0.2) is 4.68 Å². The molecule has 1 unspecified atom stereocenters. The van der Waals surface area contributed by atoms with Gasteiger partial charge in [-0.15, -0.1) is 0 Å². The van der Waals surface area contributed by atoms with Gasteiger partial charge in [-0.2, -0.15) is 20.1 Å². The summed E-state index contributed by atoms with van der Waals surface area (Å²) in [5.41, 5.74) is 0. The topological polar surface area (TPSA) is 69.0 Å². The van der Waals surface area contributed by atoms with Crippen molar-refractivity contribution < 1.29 is 4.74 Å². The van der Waals surface area contributed by atoms with Gasteiger partial charge in [-0.05, 0) is 30.5 Å². The molecule has 0 saturated carbocycles. The average Bonchev–Trinajstić information content (AvgIpc) is 3.11. The predicted molar refractivity (Wildman–Crippen MR) is 74.2 cm³/mol. The smallest absolute Gasteiger partial charge is 0.256 e. The zero-order chi connectivity index (χ0) is 13.9. The number of halogens is 1. The molecule has 0 N–H and O–H groups in total. The summed E-state index contributed by atoms with van der Waals surface area (Å²) in [5.74, 6) is 0.926. The van der Waals surface area contributed by atoms with Gasteiger partial charge in [0.25, 0.3) is 5.95 Å². The standard InChI is InChI=1S/C12H15ClN6O/c1-18(8-9-4-2-7-20-9)11-15-10(13)16-12(17-11)19-6-3-5-14-19/h3,5-6,9H,2,4,7-8H2,1H3. The lowest BCUT2D eigenvalue weighted by molar-refractivity contribution is 0.116. The Hall–Kier alpha value is -1.73. The first-order valence-corrected chi connectivity index (χ1v) is 6.84. The van der Waals surface area contributed by atoms with Gasteiger partial charge in [-0.3, -0.25) is 0 Å². The van der Waals surface area contributed by atoms with Crippen LogP contribution in [0.4, 0.5) is 5.95 Å². The minimum absolute atomic E-state index is 0.152. The summed E-state index contributed by atoms with van der Waals surface area (Å²) >= 11 is 5.97. The van der Waals surface area contributed by atoms with E-state index in [0.717, 1.165) is 26.0 Å². The van der Waals surface area contributed by atoms with Crippen LogP contribution in [0.2, 0.25) is 5.28 Å². The number of hydrogen-bond donors (Lipinski definition) is 0. The molecule has 2 aromatic rings. The SMILES string of the molecule is CN(CC1CCCO1)c1nc(Cl)nc(-n2cccn2)n1. The van der Waals surface area contributed by atoms with E-state index in [1.165, 1.54) is 0 Å². The van der Waals surface area contributed by atoms with Gasteiger partial charge in [0, 0.05) is 32.6 Å². The Labute approximate surface area is 121 Å². The molecule has 0 radical (unpaired) electrons. The van der Waals surface area contributed by atoms with Crippen LogP contribution in [0.5, 0.6) is 0 Å². The second kappa shape index (κ2) is 5.72. The molecular formula is C12H15ClN6O. The number of hydrogen-bond acceptors (Lipinski definition) is 6. The summed E-state index contributed by atoms with van der Waals surface area (Å²) in [6.07, 6.45) is 5.82. The summed E-state index contributed by atoms with van der Waals surface area (Å²) in [5, 5.41) is 4.25. The van der Waals surface area contributed by atoms with E-state index in [1.54, 1.807) is 23.1 Å². The summed E-state index contributed by atoms with van der Waals surface area (Å²) < 4.78 is 7.17. The van der Waals surface area contributed by atoms with E-state index in [1.807, 2.05) is 11.9 Å². The van der Waals surface area contributed by atoms with Crippen molar-refractivity contribution in [1.82, 2.24) is 24.7 Å². The van der Waals surface area contributed by atoms with Crippen molar-refractivity contribution >= 4 is 17.5 Å². The molecule has 0 aromatic carbocycles. The molecular weight excluding hydrogens is 280 g/mol. The summed E-state index contributed by atoms with van der Waals surface area (Å²) in [6.45, 7) is 1.56. The second-order valence-electron chi connectivity index (χ2n) is 4.67. The van der Waals surface area contributed by atoms with E-state index in [-0.39, 0.29) is 11.4 Å². The van der Waals surface area contributed by atoms with Gasteiger partial charge < -0.3 is 9.64 Å². The van der Waals surface area contributed by atoms with E-state index in [9.17, 15) is 0 Å². The van der Waals surface area contributed by atoms with Crippen LogP contribution < -0.4 is 4.90 Å². The monoisotopic (exact) mass is 294 g/mol. The normalized spacial score (nSPS) is 18.4. The maximum atomic E-state index is 5.97. The molecule has 0 bridgehead atoms. The zero-order valence-corrected chi connectivity index (χ0v) is 11.9. The number of aromatic nitrogens is 5. The Kier molecular flexibility index (Phi) is 3.79. The molecule has 1 fully saturated rings. The van der Waals surface area contributed by atoms with Gasteiger partial charge in [-0.1, -0.05) is 0 Å². The first-order valence-electron chi connectivity index (χ1n) is 6.47. The van der Waals surface area contributed by atoms with Gasteiger partial charge >= 0.3 is 0 Å². The number of ether oxygens (including phenoxy) is 1. The van der Waals surface area contributed by atoms with Crippen LogP contribution in [-0.4, -0.2) is 51.0 Å². The van der Waals surface area contributed by atoms with Crippen LogP contribution in [-0.2, 0) is 4.74 Å². The molecule has 1 aliphatic heterocycles. The Morgan fingerprint density at radius 1 is 1.45 bits per heavy atom. The summed E-state index contributed by atoms with van der Waals surface area (Å²) in [7, 11) is 1.92. The number of rotatable bonds is 4. The number of anilines is 1. The highest BCUT2D eigenvalue weighted by Gasteiger charge is 2.19. The molecule has 0 aliphatic carbocycles. The Morgan fingerprint density at radius 2 is 2.35 bits per heavy atom. The number of likely N-dealkylation sites (N-methyl/N-ethyl adjacent to an activating group) is 1. The molecule has 8 heteroatoms. The highest BCUT2D eigenvalue weighted by atomic mass is 35.5. The third kappa shape index (κ3) is 2.88. The molecule has 2 aromatic heterocycles. The van der Waals surface area contributed by atoms with Crippen molar-refractivity contribution in [3.63, 3.8) is 0 Å². The first-order chi connectivity index (χ1) is 9.72. The van der Waals surface area contributed by atoms with Crippen LogP contribution in [0, 0.1) is 0 Å². The third-order valence-electron chi connectivity index (χ3n) is 3.14. The minimum atomic E-state index is 0.152. The fourth-order valence-electron chi connectivity index (χ4n) is 2.17. The highest BCUT2D eigenvalue weighted by molar-refractivity contribution is 6.28. The van der Waals surface area contributed by atoms with E-state index in [2.05, 4.69) is 20.1 Å². The molecule has 0 spiro atoms. The second-order valence-corrected chi connectivity index (χ2v) is 5.01. The van der Waals surface area contributed by atoms with Gasteiger partial charge in [0.1, 0.15) is 0 Å². The zero-order valence-electron chi connectivity index (χ0n) is 11.1. The molecule has 106 valence electrons. The van der Waals surface area contributed by atoms with Gasteiger partial charge in [0.05, 0.1) is 6.10 Å². The lowest BCUT2D eigenvalue weighted by Crippen LogP contribution is -2.30. The Balaban J connectivity index is 1.81. The molecule has 1 saturated heterocycles. The van der Waals surface area contributed by atoms with Gasteiger partial charge in [0.15, 0.2) is 0 Å². The summed E-state index contributed by atoms with van der Waals surface area (Å²) in [4.78, 5) is 14.5. The fourth-order valence-corrected chi connectivity index (χ4v) is 2.32. The largest absolute Gasteiger partial charge is 0.376 e. The highest BCUT2D eigenvalue weighted by Crippen LogP contribution is 2.17. The predicted octanol–water partition coefficient (Wildman–Crippen LogP) is 1.33. The quantitative estimate of drug-likeness (QED) is 0.847. The minimum Gasteiger partial charge on any atom is -0.376 e. The first kappa shape index (κ1) is 13.3. The average molecular weight is 295 g/mol. The lowest BCUT2D eigenvalue weighted by atomic mass is 10.2. The van der Waals surface area contributed by atoms with E-state index in [4.69, 9.17) is 16.3 Å². The van der Waals surface area contributed by atoms with Crippen molar-refractivity contribution in [2.75, 3.05) is 25.1 Å². The van der Waals surface area contributed by atoms with Crippen molar-refractivity contribution in [3.05, 3.63) is 23.7 Å². The van der Waals surface area contributed by atoms with E-state index in [0.29, 0.717) is 11.9 Å². The van der Waals surface area contributed by atoms with E-state index >= 15 is 0 Å². The van der Waals surface area contributed by atoms with Crippen molar-refractivity contribution in [3.8, 4) is 5.95 Å². The lowest BCUT2D eigenvalue weighted by Gasteiger charge is -2.20. The molecule has 3 rings (SSSR count). The summed E-state index contributed by atoms with van der Waals surface area (Å²) in [6, 6.07) is 1.80. The van der Waals surface area contributed by atoms with Crippen LogP contribution in [0.25, 0.3) is 5.95 Å². The Bertz CT molecular complexity index is 569. The molecule has 1 atom stereocenters. The van der Waals surface area contributed by atoms with Crippen LogP contribution >= 0.6 is 11.6 Å². The fraction of sp³-hybridized carbons (Fsp3) is 0.500.